The second-order valence-corrected chi connectivity index (χ2v) is 3.54. The summed E-state index contributed by atoms with van der Waals surface area (Å²) in [5.41, 5.74) is 5.93. The monoisotopic (exact) mass is 198 g/mol. The molecule has 1 aliphatic carbocycles. The lowest BCUT2D eigenvalue weighted by Crippen LogP contribution is -2.47. The number of nitrogens with one attached hydrogen (secondary N) is 1. The zero-order valence-corrected chi connectivity index (χ0v) is 8.53. The highest BCUT2D eigenvalue weighted by atomic mass is 16.5. The lowest BCUT2D eigenvalue weighted by molar-refractivity contribution is 0.163. The normalized spacial score (nSPS) is 29.9. The number of carbonyl (C=O) groups is 1. The van der Waals surface area contributed by atoms with Crippen LogP contribution < -0.4 is 11.1 Å². The van der Waals surface area contributed by atoms with Crippen LogP contribution in [0.2, 0.25) is 0 Å². The van der Waals surface area contributed by atoms with Crippen LogP contribution in [0.25, 0.3) is 0 Å². The highest BCUT2D eigenvalue weighted by Crippen LogP contribution is 2.11. The molecule has 14 heavy (non-hydrogen) atoms. The van der Waals surface area contributed by atoms with Gasteiger partial charge in [0.25, 0.3) is 0 Å². The summed E-state index contributed by atoms with van der Waals surface area (Å²) < 4.78 is 4.55. The van der Waals surface area contributed by atoms with E-state index in [0.717, 1.165) is 25.7 Å². The van der Waals surface area contributed by atoms with E-state index in [-0.39, 0.29) is 12.1 Å². The first-order chi connectivity index (χ1) is 6.74. The van der Waals surface area contributed by atoms with Gasteiger partial charge in [0.15, 0.2) is 0 Å². The van der Waals surface area contributed by atoms with Crippen LogP contribution in [-0.4, -0.2) is 25.3 Å². The molecule has 0 aliphatic heterocycles. The molecule has 0 spiro atoms. The Morgan fingerprint density at radius 1 is 1.57 bits per heavy atom. The molecule has 0 radical (unpaired) electrons. The molecule has 0 saturated carbocycles. The summed E-state index contributed by atoms with van der Waals surface area (Å²) in [6.07, 6.45) is 7.68. The number of hydrogen-bond acceptors (Lipinski definition) is 3. The van der Waals surface area contributed by atoms with Crippen molar-refractivity contribution in [3.05, 3.63) is 12.2 Å². The first-order valence-corrected chi connectivity index (χ1v) is 4.99. The van der Waals surface area contributed by atoms with Crippen molar-refractivity contribution in [1.82, 2.24) is 5.32 Å². The molecule has 2 unspecified atom stereocenters. The maximum absolute atomic E-state index is 11.0. The van der Waals surface area contributed by atoms with Gasteiger partial charge >= 0.3 is 6.09 Å². The van der Waals surface area contributed by atoms with Gasteiger partial charge in [-0.3, -0.25) is 0 Å². The standard InChI is InChI=1S/C10H18N2O2/c1-14-10(13)12-9-7-5-3-2-4-6-8(9)11/h2,4,8-9H,3,5-7,11H2,1H3,(H,12,13)/b4-2+. The number of allylic oxidation sites excluding steroid dienone is 1. The maximum Gasteiger partial charge on any atom is 0.407 e. The molecule has 80 valence electrons. The molecule has 1 rings (SSSR count). The third-order valence-corrected chi connectivity index (χ3v) is 2.47. The minimum atomic E-state index is -0.394. The van der Waals surface area contributed by atoms with E-state index < -0.39 is 6.09 Å². The van der Waals surface area contributed by atoms with Crippen LogP contribution in [0.4, 0.5) is 4.79 Å². The quantitative estimate of drug-likeness (QED) is 0.621. The van der Waals surface area contributed by atoms with E-state index in [1.165, 1.54) is 7.11 Å². The SMILES string of the molecule is COC(=O)NC1CCC/C=C/CC1N. The Morgan fingerprint density at radius 3 is 3.07 bits per heavy atom. The molecule has 4 nitrogen and oxygen atoms in total. The number of ether oxygens (including phenoxy) is 1. The van der Waals surface area contributed by atoms with E-state index in [4.69, 9.17) is 5.73 Å². The zero-order valence-electron chi connectivity index (χ0n) is 8.53. The summed E-state index contributed by atoms with van der Waals surface area (Å²) in [6, 6.07) is 0.0260. The molecule has 0 bridgehead atoms. The van der Waals surface area contributed by atoms with Crippen molar-refractivity contribution in [1.29, 1.82) is 0 Å². The molecule has 3 N–H and O–H groups in total. The molecule has 1 aliphatic rings. The molecule has 1 amide bonds. The number of amides is 1. The third-order valence-electron chi connectivity index (χ3n) is 2.47. The molecular weight excluding hydrogens is 180 g/mol. The van der Waals surface area contributed by atoms with Gasteiger partial charge in [-0.15, -0.1) is 0 Å². The smallest absolute Gasteiger partial charge is 0.407 e. The Morgan fingerprint density at radius 2 is 2.36 bits per heavy atom. The number of alkyl carbamates (subject to hydrolysis) is 1. The van der Waals surface area contributed by atoms with Crippen LogP contribution in [0, 0.1) is 0 Å². The van der Waals surface area contributed by atoms with Crippen molar-refractivity contribution >= 4 is 6.09 Å². The predicted molar refractivity (Wildman–Crippen MR) is 54.9 cm³/mol. The highest BCUT2D eigenvalue weighted by molar-refractivity contribution is 5.67. The molecular formula is C10H18N2O2. The number of hydrogen-bond donors (Lipinski definition) is 2. The summed E-state index contributed by atoms with van der Waals surface area (Å²) in [5, 5.41) is 2.77. The number of nitrogens with two attached hydrogens (primary N) is 1. The zero-order chi connectivity index (χ0) is 10.4. The molecule has 0 aromatic heterocycles. The Labute approximate surface area is 84.5 Å². The van der Waals surface area contributed by atoms with Gasteiger partial charge in [0.1, 0.15) is 0 Å². The molecule has 0 heterocycles. The second kappa shape index (κ2) is 5.65. The van der Waals surface area contributed by atoms with Crippen LogP contribution in [0.5, 0.6) is 0 Å². The van der Waals surface area contributed by atoms with Gasteiger partial charge in [-0.05, 0) is 25.7 Å². The van der Waals surface area contributed by atoms with Crippen molar-refractivity contribution in [3.63, 3.8) is 0 Å². The third kappa shape index (κ3) is 3.38. The Bertz CT molecular complexity index is 216. The Balaban J connectivity index is 2.47. The maximum atomic E-state index is 11.0. The van der Waals surface area contributed by atoms with Gasteiger partial charge < -0.3 is 15.8 Å². The van der Waals surface area contributed by atoms with Crippen molar-refractivity contribution < 1.29 is 9.53 Å². The average molecular weight is 198 g/mol. The Kier molecular flexibility index (Phi) is 4.46. The van der Waals surface area contributed by atoms with Crippen LogP contribution >= 0.6 is 0 Å². The van der Waals surface area contributed by atoms with Gasteiger partial charge in [-0.1, -0.05) is 12.2 Å². The minimum Gasteiger partial charge on any atom is -0.453 e. The first-order valence-electron chi connectivity index (χ1n) is 4.99. The lowest BCUT2D eigenvalue weighted by Gasteiger charge is -2.24. The summed E-state index contributed by atoms with van der Waals surface area (Å²) in [7, 11) is 1.36. The molecule has 0 saturated heterocycles. The fraction of sp³-hybridized carbons (Fsp3) is 0.700. The number of carbonyl (C=O) groups excluding carboxylic acids is 1. The molecule has 0 aromatic rings. The van der Waals surface area contributed by atoms with Gasteiger partial charge in [0.05, 0.1) is 7.11 Å². The van der Waals surface area contributed by atoms with Crippen molar-refractivity contribution in [3.8, 4) is 0 Å². The van der Waals surface area contributed by atoms with Crippen LogP contribution in [0.15, 0.2) is 12.2 Å². The fourth-order valence-corrected chi connectivity index (χ4v) is 1.59. The van der Waals surface area contributed by atoms with E-state index in [9.17, 15) is 4.79 Å². The van der Waals surface area contributed by atoms with Crippen LogP contribution in [0.1, 0.15) is 25.7 Å². The largest absolute Gasteiger partial charge is 0.453 e. The minimum absolute atomic E-state index is 0.00866. The van der Waals surface area contributed by atoms with E-state index in [0.29, 0.717) is 0 Å². The topological polar surface area (TPSA) is 64.3 Å². The van der Waals surface area contributed by atoms with E-state index in [1.807, 2.05) is 0 Å². The van der Waals surface area contributed by atoms with Crippen LogP contribution in [-0.2, 0) is 4.74 Å². The summed E-state index contributed by atoms with van der Waals surface area (Å²) in [5.74, 6) is 0. The summed E-state index contributed by atoms with van der Waals surface area (Å²) in [4.78, 5) is 11.0. The van der Waals surface area contributed by atoms with Gasteiger partial charge in [-0.25, -0.2) is 4.79 Å². The van der Waals surface area contributed by atoms with E-state index in [2.05, 4.69) is 22.2 Å². The average Bonchev–Trinajstić information content (AvgIpc) is 2.17. The summed E-state index contributed by atoms with van der Waals surface area (Å²) in [6.45, 7) is 0. The molecule has 0 aromatic carbocycles. The highest BCUT2D eigenvalue weighted by Gasteiger charge is 2.19. The van der Waals surface area contributed by atoms with Crippen molar-refractivity contribution in [2.24, 2.45) is 5.73 Å². The summed E-state index contributed by atoms with van der Waals surface area (Å²) >= 11 is 0. The number of rotatable bonds is 1. The van der Waals surface area contributed by atoms with Gasteiger partial charge in [0.2, 0.25) is 0 Å². The molecule has 2 atom stereocenters. The number of methoxy groups -OCH3 is 1. The predicted octanol–water partition coefficient (Wildman–Crippen LogP) is 1.17. The van der Waals surface area contributed by atoms with E-state index in [1.54, 1.807) is 0 Å². The second-order valence-electron chi connectivity index (χ2n) is 3.54. The van der Waals surface area contributed by atoms with Gasteiger partial charge in [-0.2, -0.15) is 0 Å². The van der Waals surface area contributed by atoms with Crippen molar-refractivity contribution in [2.75, 3.05) is 7.11 Å². The van der Waals surface area contributed by atoms with Gasteiger partial charge in [0, 0.05) is 12.1 Å². The first kappa shape index (κ1) is 11.0. The molecule has 0 fully saturated rings. The van der Waals surface area contributed by atoms with E-state index >= 15 is 0 Å². The molecule has 4 heteroatoms. The lowest BCUT2D eigenvalue weighted by atomic mass is 9.97. The van der Waals surface area contributed by atoms with Crippen molar-refractivity contribution in [2.45, 2.75) is 37.8 Å². The fourth-order valence-electron chi connectivity index (χ4n) is 1.59. The van der Waals surface area contributed by atoms with Crippen LogP contribution in [0.3, 0.4) is 0 Å². The Hall–Kier alpha value is -1.03.